The van der Waals surface area contributed by atoms with E-state index < -0.39 is 5.60 Å². The van der Waals surface area contributed by atoms with Gasteiger partial charge in [-0.25, -0.2) is 0 Å². The van der Waals surface area contributed by atoms with Gasteiger partial charge in [0.25, 0.3) is 0 Å². The maximum atomic E-state index is 10.8. The van der Waals surface area contributed by atoms with Gasteiger partial charge in [0.1, 0.15) is 0 Å². The summed E-state index contributed by atoms with van der Waals surface area (Å²) >= 11 is 0. The van der Waals surface area contributed by atoms with Crippen LogP contribution in [0.5, 0.6) is 0 Å². The van der Waals surface area contributed by atoms with Crippen molar-refractivity contribution >= 4 is 0 Å². The summed E-state index contributed by atoms with van der Waals surface area (Å²) in [5, 5.41) is 18.3. The number of aryl methyl sites for hydroxylation is 2. The quantitative estimate of drug-likeness (QED) is 0.828. The van der Waals surface area contributed by atoms with Crippen molar-refractivity contribution in [3.63, 3.8) is 0 Å². The first-order valence-electron chi connectivity index (χ1n) is 6.34. The lowest BCUT2D eigenvalue weighted by molar-refractivity contribution is -0.0931. The van der Waals surface area contributed by atoms with E-state index in [2.05, 4.69) is 24.3 Å². The molecule has 1 aliphatic heterocycles. The third-order valence-electron chi connectivity index (χ3n) is 4.13. The van der Waals surface area contributed by atoms with Gasteiger partial charge in [-0.05, 0) is 31.4 Å². The van der Waals surface area contributed by atoms with Gasteiger partial charge in [0.05, 0.1) is 11.8 Å². The zero-order valence-electron chi connectivity index (χ0n) is 11.0. The Morgan fingerprint density at radius 3 is 2.88 bits per heavy atom. The van der Waals surface area contributed by atoms with Crippen molar-refractivity contribution in [1.82, 2.24) is 15.1 Å². The molecule has 4 nitrogen and oxygen atoms in total. The molecule has 0 bridgehead atoms. The third kappa shape index (κ3) is 2.53. The number of aliphatic hydroxyl groups is 1. The standard InChI is InChI=1S/C13H23N3O/c1-12(2)10-14-7-6-13(12,17)5-4-11-8-15-16(3)9-11/h8-9,14,17H,4-7,10H2,1-3H3. The molecule has 0 amide bonds. The minimum atomic E-state index is -0.561. The maximum Gasteiger partial charge on any atom is 0.0725 e. The first-order valence-corrected chi connectivity index (χ1v) is 6.34. The maximum absolute atomic E-state index is 10.8. The van der Waals surface area contributed by atoms with Gasteiger partial charge in [-0.3, -0.25) is 4.68 Å². The second kappa shape index (κ2) is 4.42. The highest BCUT2D eigenvalue weighted by Gasteiger charge is 2.44. The Labute approximate surface area is 103 Å². The summed E-state index contributed by atoms with van der Waals surface area (Å²) < 4.78 is 1.81. The van der Waals surface area contributed by atoms with Crippen molar-refractivity contribution in [2.45, 2.75) is 38.7 Å². The summed E-state index contributed by atoms with van der Waals surface area (Å²) in [5.41, 5.74) is 0.580. The number of nitrogens with one attached hydrogen (secondary N) is 1. The van der Waals surface area contributed by atoms with E-state index in [1.165, 1.54) is 5.56 Å². The van der Waals surface area contributed by atoms with Crippen LogP contribution >= 0.6 is 0 Å². The number of hydrogen-bond donors (Lipinski definition) is 2. The average Bonchev–Trinajstić information content (AvgIpc) is 2.66. The van der Waals surface area contributed by atoms with Crippen molar-refractivity contribution in [2.24, 2.45) is 12.5 Å². The number of hydrogen-bond acceptors (Lipinski definition) is 3. The number of aromatic nitrogens is 2. The van der Waals surface area contributed by atoms with Gasteiger partial charge in [-0.15, -0.1) is 0 Å². The van der Waals surface area contributed by atoms with Crippen LogP contribution in [0.2, 0.25) is 0 Å². The van der Waals surface area contributed by atoms with E-state index in [4.69, 9.17) is 0 Å². The average molecular weight is 237 g/mol. The van der Waals surface area contributed by atoms with E-state index in [0.717, 1.165) is 32.4 Å². The van der Waals surface area contributed by atoms with Gasteiger partial charge in [0, 0.05) is 25.2 Å². The molecule has 0 aromatic carbocycles. The van der Waals surface area contributed by atoms with E-state index >= 15 is 0 Å². The SMILES string of the molecule is Cn1cc(CCC2(O)CCNCC2(C)C)cn1. The lowest BCUT2D eigenvalue weighted by atomic mass is 9.68. The molecule has 1 unspecified atom stereocenters. The van der Waals surface area contributed by atoms with Crippen LogP contribution in [0.1, 0.15) is 32.3 Å². The lowest BCUT2D eigenvalue weighted by Gasteiger charge is -2.47. The highest BCUT2D eigenvalue weighted by Crippen LogP contribution is 2.38. The monoisotopic (exact) mass is 237 g/mol. The highest BCUT2D eigenvalue weighted by molar-refractivity contribution is 5.07. The van der Waals surface area contributed by atoms with Crippen LogP contribution in [0.4, 0.5) is 0 Å². The van der Waals surface area contributed by atoms with Gasteiger partial charge in [0.15, 0.2) is 0 Å². The van der Waals surface area contributed by atoms with E-state index in [1.54, 1.807) is 0 Å². The molecule has 0 saturated carbocycles. The van der Waals surface area contributed by atoms with Crippen LogP contribution in [0.15, 0.2) is 12.4 Å². The number of rotatable bonds is 3. The fraction of sp³-hybridized carbons (Fsp3) is 0.769. The molecule has 96 valence electrons. The van der Waals surface area contributed by atoms with E-state index in [9.17, 15) is 5.11 Å². The molecule has 17 heavy (non-hydrogen) atoms. The smallest absolute Gasteiger partial charge is 0.0725 e. The summed E-state index contributed by atoms with van der Waals surface area (Å²) in [6, 6.07) is 0. The van der Waals surface area contributed by atoms with Gasteiger partial charge >= 0.3 is 0 Å². The zero-order valence-corrected chi connectivity index (χ0v) is 11.0. The molecule has 1 saturated heterocycles. The molecule has 4 heteroatoms. The molecule has 1 fully saturated rings. The van der Waals surface area contributed by atoms with Gasteiger partial charge < -0.3 is 10.4 Å². The molecule has 2 rings (SSSR count). The topological polar surface area (TPSA) is 50.1 Å². The summed E-state index contributed by atoms with van der Waals surface area (Å²) in [5.74, 6) is 0. The van der Waals surface area contributed by atoms with Gasteiger partial charge in [-0.2, -0.15) is 5.10 Å². The molecule has 0 aliphatic carbocycles. The Morgan fingerprint density at radius 1 is 1.53 bits per heavy atom. The van der Waals surface area contributed by atoms with E-state index in [-0.39, 0.29) is 5.41 Å². The Balaban J connectivity index is 2.01. The van der Waals surface area contributed by atoms with E-state index in [0.29, 0.717) is 0 Å². The first-order chi connectivity index (χ1) is 7.93. The predicted molar refractivity (Wildman–Crippen MR) is 67.7 cm³/mol. The van der Waals surface area contributed by atoms with Crippen LogP contribution in [0.25, 0.3) is 0 Å². The van der Waals surface area contributed by atoms with Crippen LogP contribution in [-0.4, -0.2) is 33.6 Å². The first kappa shape index (κ1) is 12.6. The molecule has 2 N–H and O–H groups in total. The Kier molecular flexibility index (Phi) is 3.27. The van der Waals surface area contributed by atoms with Crippen molar-refractivity contribution in [2.75, 3.05) is 13.1 Å². The third-order valence-corrected chi connectivity index (χ3v) is 4.13. The van der Waals surface area contributed by atoms with Crippen LogP contribution in [0, 0.1) is 5.41 Å². The minimum absolute atomic E-state index is 0.0620. The number of piperidine rings is 1. The molecule has 1 aromatic rings. The Bertz CT molecular complexity index is 386. The summed E-state index contributed by atoms with van der Waals surface area (Å²) in [7, 11) is 1.92. The van der Waals surface area contributed by atoms with Crippen LogP contribution < -0.4 is 5.32 Å². The minimum Gasteiger partial charge on any atom is -0.389 e. The fourth-order valence-electron chi connectivity index (χ4n) is 2.61. The van der Waals surface area contributed by atoms with Crippen molar-refractivity contribution in [3.8, 4) is 0 Å². The second-order valence-electron chi connectivity index (χ2n) is 5.86. The molecule has 1 aromatic heterocycles. The second-order valence-corrected chi connectivity index (χ2v) is 5.86. The Morgan fingerprint density at radius 2 is 2.29 bits per heavy atom. The zero-order chi connectivity index (χ0) is 12.5. The summed E-state index contributed by atoms with van der Waals surface area (Å²) in [4.78, 5) is 0. The lowest BCUT2D eigenvalue weighted by Crippen LogP contribution is -2.56. The van der Waals surface area contributed by atoms with Crippen LogP contribution in [0.3, 0.4) is 0 Å². The summed E-state index contributed by atoms with van der Waals surface area (Å²) in [6.45, 7) is 6.08. The largest absolute Gasteiger partial charge is 0.389 e. The fourth-order valence-corrected chi connectivity index (χ4v) is 2.61. The van der Waals surface area contributed by atoms with Crippen LogP contribution in [-0.2, 0) is 13.5 Å². The molecule has 0 spiro atoms. The molecule has 1 aliphatic rings. The molecule has 1 atom stereocenters. The highest BCUT2D eigenvalue weighted by atomic mass is 16.3. The predicted octanol–water partition coefficient (Wildman–Crippen LogP) is 1.10. The van der Waals surface area contributed by atoms with Gasteiger partial charge in [-0.1, -0.05) is 13.8 Å². The molecular formula is C13H23N3O. The molecule has 0 radical (unpaired) electrons. The number of nitrogens with zero attached hydrogens (tertiary/aromatic N) is 2. The molecule has 2 heterocycles. The van der Waals surface area contributed by atoms with Crippen molar-refractivity contribution in [3.05, 3.63) is 18.0 Å². The summed E-state index contributed by atoms with van der Waals surface area (Å²) in [6.07, 6.45) is 6.45. The Hall–Kier alpha value is -0.870. The van der Waals surface area contributed by atoms with Gasteiger partial charge in [0.2, 0.25) is 0 Å². The van der Waals surface area contributed by atoms with Crippen molar-refractivity contribution < 1.29 is 5.11 Å². The molecular weight excluding hydrogens is 214 g/mol. The van der Waals surface area contributed by atoms with Crippen molar-refractivity contribution in [1.29, 1.82) is 0 Å². The normalized spacial score (nSPS) is 28.2. The van der Waals surface area contributed by atoms with E-state index in [1.807, 2.05) is 24.1 Å².